The maximum absolute atomic E-state index is 11.6. The number of carbonyl (C=O) groups excluding carboxylic acids is 1. The van der Waals surface area contributed by atoms with Gasteiger partial charge >= 0.3 is 0 Å². The molecule has 2 N–H and O–H groups in total. The number of fused-ring (bicyclic) bond motifs is 1. The molecule has 1 aromatic carbocycles. The van der Waals surface area contributed by atoms with Crippen molar-refractivity contribution in [2.45, 2.75) is 44.4 Å². The van der Waals surface area contributed by atoms with E-state index in [-0.39, 0.29) is 10.8 Å². The molecule has 0 fully saturated rings. The Labute approximate surface area is 139 Å². The molecule has 0 saturated carbocycles. The number of Topliss-reactive ketones (excluding diaryl/α,β-unsaturated/α-hetero) is 1. The Balaban J connectivity index is 2.04. The number of nitriles is 1. The molecule has 0 radical (unpaired) electrons. The number of ether oxygens (including phenoxy) is 1. The molecule has 1 aliphatic heterocycles. The summed E-state index contributed by atoms with van der Waals surface area (Å²) in [6.07, 6.45) is 0.0290. The summed E-state index contributed by atoms with van der Waals surface area (Å²) in [5.74, 6) is 0.513. The molecule has 0 unspecified atom stereocenters. The SMILES string of the molecule is CC1(C)Oc2ccc(C#N)cc2[C@@H](NC2=C(Cl)C(=O)CC2)[C@@H]1O. The minimum atomic E-state index is -0.864. The van der Waals surface area contributed by atoms with Crippen LogP contribution in [-0.2, 0) is 4.79 Å². The normalized spacial score (nSPS) is 25.6. The molecule has 0 amide bonds. The number of halogens is 1. The number of aliphatic hydroxyl groups excluding tert-OH is 1. The maximum Gasteiger partial charge on any atom is 0.176 e. The van der Waals surface area contributed by atoms with Crippen molar-refractivity contribution >= 4 is 17.4 Å². The number of nitrogens with one attached hydrogen (secondary N) is 1. The summed E-state index contributed by atoms with van der Waals surface area (Å²) in [7, 11) is 0. The van der Waals surface area contributed by atoms with Crippen molar-refractivity contribution in [3.05, 3.63) is 40.1 Å². The average molecular weight is 333 g/mol. The topological polar surface area (TPSA) is 82.3 Å². The molecule has 0 aromatic heterocycles. The number of allylic oxidation sites excluding steroid dienone is 2. The van der Waals surface area contributed by atoms with Crippen molar-refractivity contribution < 1.29 is 14.6 Å². The van der Waals surface area contributed by atoms with E-state index in [1.54, 1.807) is 32.0 Å². The lowest BCUT2D eigenvalue weighted by molar-refractivity contribution is -0.114. The van der Waals surface area contributed by atoms with Crippen LogP contribution in [0.5, 0.6) is 5.75 Å². The van der Waals surface area contributed by atoms with Gasteiger partial charge in [0.05, 0.1) is 17.7 Å². The van der Waals surface area contributed by atoms with E-state index >= 15 is 0 Å². The zero-order valence-corrected chi connectivity index (χ0v) is 13.6. The third kappa shape index (κ3) is 2.69. The molecule has 6 heteroatoms. The van der Waals surface area contributed by atoms with Gasteiger partial charge in [-0.3, -0.25) is 4.79 Å². The van der Waals surface area contributed by atoms with E-state index in [4.69, 9.17) is 21.6 Å². The van der Waals surface area contributed by atoms with Crippen LogP contribution in [0.1, 0.15) is 43.9 Å². The van der Waals surface area contributed by atoms with Gasteiger partial charge in [0.1, 0.15) is 22.5 Å². The fourth-order valence-electron chi connectivity index (χ4n) is 2.98. The van der Waals surface area contributed by atoms with E-state index in [1.807, 2.05) is 0 Å². The molecule has 5 nitrogen and oxygen atoms in total. The number of nitrogens with zero attached hydrogens (tertiary/aromatic N) is 1. The van der Waals surface area contributed by atoms with Crippen LogP contribution in [0.3, 0.4) is 0 Å². The summed E-state index contributed by atoms with van der Waals surface area (Å²) < 4.78 is 5.86. The van der Waals surface area contributed by atoms with Crippen LogP contribution in [0.2, 0.25) is 0 Å². The van der Waals surface area contributed by atoms with Crippen molar-refractivity contribution in [3.63, 3.8) is 0 Å². The Morgan fingerprint density at radius 2 is 2.17 bits per heavy atom. The second-order valence-corrected chi connectivity index (χ2v) is 6.73. The number of hydrogen-bond acceptors (Lipinski definition) is 5. The zero-order chi connectivity index (χ0) is 16.8. The van der Waals surface area contributed by atoms with E-state index in [2.05, 4.69) is 11.4 Å². The predicted octanol–water partition coefficient (Wildman–Crippen LogP) is 2.53. The maximum atomic E-state index is 11.6. The lowest BCUT2D eigenvalue weighted by Gasteiger charge is -2.42. The van der Waals surface area contributed by atoms with Crippen molar-refractivity contribution in [1.29, 1.82) is 5.26 Å². The van der Waals surface area contributed by atoms with Gasteiger partial charge in [0, 0.05) is 17.7 Å². The number of hydrogen-bond donors (Lipinski definition) is 2. The van der Waals surface area contributed by atoms with Crippen LogP contribution in [-0.4, -0.2) is 22.6 Å². The van der Waals surface area contributed by atoms with E-state index in [1.165, 1.54) is 0 Å². The second-order valence-electron chi connectivity index (χ2n) is 6.35. The largest absolute Gasteiger partial charge is 0.485 e. The van der Waals surface area contributed by atoms with Gasteiger partial charge in [0.25, 0.3) is 0 Å². The highest BCUT2D eigenvalue weighted by Gasteiger charge is 2.43. The standard InChI is InChI=1S/C17H17ClN2O3/c1-17(2)16(22)15(20-11-4-5-12(21)14(11)18)10-7-9(8-19)3-6-13(10)23-17/h3,6-7,15-16,20,22H,4-5H2,1-2H3/t15-,16+/m1/s1. The van der Waals surface area contributed by atoms with Crippen LogP contribution in [0, 0.1) is 11.3 Å². The molecule has 2 atom stereocenters. The van der Waals surface area contributed by atoms with E-state index in [0.29, 0.717) is 35.4 Å². The van der Waals surface area contributed by atoms with E-state index < -0.39 is 17.7 Å². The van der Waals surface area contributed by atoms with Gasteiger partial charge in [-0.05, 0) is 38.5 Å². The van der Waals surface area contributed by atoms with Crippen LogP contribution in [0.25, 0.3) is 0 Å². The Bertz CT molecular complexity index is 749. The van der Waals surface area contributed by atoms with Crippen molar-refractivity contribution in [2.75, 3.05) is 0 Å². The first-order valence-corrected chi connectivity index (χ1v) is 7.81. The summed E-state index contributed by atoms with van der Waals surface area (Å²) in [6.45, 7) is 3.59. The van der Waals surface area contributed by atoms with Crippen LogP contribution >= 0.6 is 11.6 Å². The second kappa shape index (κ2) is 5.55. The molecule has 23 heavy (non-hydrogen) atoms. The molecule has 1 aliphatic carbocycles. The fraction of sp³-hybridized carbons (Fsp3) is 0.412. The summed E-state index contributed by atoms with van der Waals surface area (Å²) in [4.78, 5) is 11.6. The molecular weight excluding hydrogens is 316 g/mol. The monoisotopic (exact) mass is 332 g/mol. The van der Waals surface area contributed by atoms with Gasteiger partial charge in [-0.2, -0.15) is 5.26 Å². The minimum absolute atomic E-state index is 0.0963. The van der Waals surface area contributed by atoms with Crippen molar-refractivity contribution in [2.24, 2.45) is 0 Å². The Morgan fingerprint density at radius 1 is 1.43 bits per heavy atom. The molecular formula is C17H17ClN2O3. The summed E-state index contributed by atoms with van der Waals surface area (Å²) in [5.41, 5.74) is 0.988. The van der Waals surface area contributed by atoms with Gasteiger partial charge in [-0.1, -0.05) is 11.6 Å². The van der Waals surface area contributed by atoms with Crippen LogP contribution in [0.4, 0.5) is 0 Å². The van der Waals surface area contributed by atoms with E-state index in [0.717, 1.165) is 0 Å². The summed E-state index contributed by atoms with van der Waals surface area (Å²) in [6, 6.07) is 6.68. The lowest BCUT2D eigenvalue weighted by Crippen LogP contribution is -2.52. The smallest absolute Gasteiger partial charge is 0.176 e. The number of benzene rings is 1. The molecule has 1 aromatic rings. The predicted molar refractivity (Wildman–Crippen MR) is 84.9 cm³/mol. The van der Waals surface area contributed by atoms with Gasteiger partial charge in [-0.25, -0.2) is 0 Å². The lowest BCUT2D eigenvalue weighted by atomic mass is 9.85. The third-order valence-corrected chi connectivity index (χ3v) is 4.76. The number of aliphatic hydroxyl groups is 1. The molecule has 3 rings (SSSR count). The summed E-state index contributed by atoms with van der Waals surface area (Å²) >= 11 is 6.05. The Morgan fingerprint density at radius 3 is 2.78 bits per heavy atom. The summed E-state index contributed by atoms with van der Waals surface area (Å²) in [5, 5.41) is 23.2. The van der Waals surface area contributed by atoms with Crippen molar-refractivity contribution in [1.82, 2.24) is 5.32 Å². The highest BCUT2D eigenvalue weighted by atomic mass is 35.5. The molecule has 0 saturated heterocycles. The van der Waals surface area contributed by atoms with Gasteiger partial charge in [0.15, 0.2) is 5.78 Å². The number of ketones is 1. The number of carbonyl (C=O) groups is 1. The highest BCUT2D eigenvalue weighted by Crippen LogP contribution is 2.41. The third-order valence-electron chi connectivity index (χ3n) is 4.32. The highest BCUT2D eigenvalue weighted by molar-refractivity contribution is 6.43. The Kier molecular flexibility index (Phi) is 3.83. The Hall–Kier alpha value is -2.03. The minimum Gasteiger partial charge on any atom is -0.485 e. The quantitative estimate of drug-likeness (QED) is 0.869. The zero-order valence-electron chi connectivity index (χ0n) is 12.9. The first-order valence-electron chi connectivity index (χ1n) is 7.43. The fourth-order valence-corrected chi connectivity index (χ4v) is 3.22. The van der Waals surface area contributed by atoms with Gasteiger partial charge < -0.3 is 15.2 Å². The first kappa shape index (κ1) is 15.9. The average Bonchev–Trinajstić information content (AvgIpc) is 2.83. The van der Waals surface area contributed by atoms with Gasteiger partial charge in [0.2, 0.25) is 0 Å². The first-order chi connectivity index (χ1) is 10.8. The molecule has 2 aliphatic rings. The molecule has 0 spiro atoms. The van der Waals surface area contributed by atoms with Crippen molar-refractivity contribution in [3.8, 4) is 11.8 Å². The van der Waals surface area contributed by atoms with Crippen LogP contribution < -0.4 is 10.1 Å². The van der Waals surface area contributed by atoms with Gasteiger partial charge in [-0.15, -0.1) is 0 Å². The molecule has 1 heterocycles. The number of rotatable bonds is 2. The molecule has 0 bridgehead atoms. The van der Waals surface area contributed by atoms with Crippen LogP contribution in [0.15, 0.2) is 28.9 Å². The van der Waals surface area contributed by atoms with E-state index in [9.17, 15) is 9.90 Å². The molecule has 120 valence electrons.